The number of rotatable bonds is 3. The molecule has 94 valence electrons. The van der Waals surface area contributed by atoms with Crippen LogP contribution in [0.5, 0.6) is 5.75 Å². The van der Waals surface area contributed by atoms with Crippen molar-refractivity contribution < 1.29 is 9.84 Å². The Morgan fingerprint density at radius 2 is 2.39 bits per heavy atom. The molecule has 5 nitrogen and oxygen atoms in total. The van der Waals surface area contributed by atoms with Gasteiger partial charge in [0.2, 0.25) is 0 Å². The van der Waals surface area contributed by atoms with Gasteiger partial charge in [-0.3, -0.25) is 4.68 Å². The van der Waals surface area contributed by atoms with E-state index in [1.54, 1.807) is 4.68 Å². The molecule has 0 unspecified atom stereocenters. The molecule has 1 aromatic heterocycles. The molecule has 0 spiro atoms. The molecule has 1 heterocycles. The monoisotopic (exact) mass is 245 g/mol. The highest BCUT2D eigenvalue weighted by molar-refractivity contribution is 5.39. The minimum atomic E-state index is -0.311. The molecule has 0 saturated heterocycles. The number of aromatic nitrogens is 3. The Morgan fingerprint density at radius 1 is 1.50 bits per heavy atom. The van der Waals surface area contributed by atoms with E-state index >= 15 is 0 Å². The van der Waals surface area contributed by atoms with Crippen LogP contribution in [0.4, 0.5) is 0 Å². The van der Waals surface area contributed by atoms with Crippen LogP contribution in [-0.2, 0) is 20.1 Å². The Labute approximate surface area is 105 Å². The second-order valence-electron chi connectivity index (χ2n) is 4.59. The molecule has 5 heteroatoms. The SMILES string of the molecule is Cn1cc(COc2ccc3c(c2)CC[C@@H]3O)nn1. The van der Waals surface area contributed by atoms with Gasteiger partial charge < -0.3 is 9.84 Å². The highest BCUT2D eigenvalue weighted by Gasteiger charge is 2.20. The third-order valence-electron chi connectivity index (χ3n) is 3.20. The van der Waals surface area contributed by atoms with Gasteiger partial charge in [0.25, 0.3) is 0 Å². The minimum Gasteiger partial charge on any atom is -0.487 e. The zero-order valence-corrected chi connectivity index (χ0v) is 10.2. The van der Waals surface area contributed by atoms with Crippen LogP contribution in [0.25, 0.3) is 0 Å². The predicted molar refractivity (Wildman–Crippen MR) is 65.1 cm³/mol. The average molecular weight is 245 g/mol. The fourth-order valence-corrected chi connectivity index (χ4v) is 2.28. The van der Waals surface area contributed by atoms with Crippen molar-refractivity contribution in [2.75, 3.05) is 0 Å². The van der Waals surface area contributed by atoms with E-state index in [2.05, 4.69) is 10.3 Å². The fourth-order valence-electron chi connectivity index (χ4n) is 2.28. The summed E-state index contributed by atoms with van der Waals surface area (Å²) in [6, 6.07) is 5.84. The van der Waals surface area contributed by atoms with Gasteiger partial charge in [-0.2, -0.15) is 0 Å². The first-order valence-electron chi connectivity index (χ1n) is 6.01. The number of aryl methyl sites for hydroxylation is 2. The third kappa shape index (κ3) is 2.09. The third-order valence-corrected chi connectivity index (χ3v) is 3.20. The first-order chi connectivity index (χ1) is 8.72. The van der Waals surface area contributed by atoms with Crippen LogP contribution in [0.3, 0.4) is 0 Å². The largest absolute Gasteiger partial charge is 0.487 e. The second kappa shape index (κ2) is 4.42. The number of fused-ring (bicyclic) bond motifs is 1. The molecule has 0 saturated carbocycles. The van der Waals surface area contributed by atoms with Crippen molar-refractivity contribution in [3.8, 4) is 5.75 Å². The molecule has 0 radical (unpaired) electrons. The lowest BCUT2D eigenvalue weighted by atomic mass is 10.1. The Hall–Kier alpha value is -1.88. The van der Waals surface area contributed by atoms with Crippen molar-refractivity contribution in [3.63, 3.8) is 0 Å². The van der Waals surface area contributed by atoms with Crippen molar-refractivity contribution >= 4 is 0 Å². The quantitative estimate of drug-likeness (QED) is 0.887. The molecular weight excluding hydrogens is 230 g/mol. The van der Waals surface area contributed by atoms with Crippen molar-refractivity contribution in [2.24, 2.45) is 7.05 Å². The van der Waals surface area contributed by atoms with E-state index in [-0.39, 0.29) is 6.10 Å². The van der Waals surface area contributed by atoms with E-state index in [9.17, 15) is 5.11 Å². The van der Waals surface area contributed by atoms with Gasteiger partial charge in [0.1, 0.15) is 18.1 Å². The fraction of sp³-hybridized carbons (Fsp3) is 0.385. The van der Waals surface area contributed by atoms with Crippen molar-refractivity contribution in [2.45, 2.75) is 25.6 Å². The highest BCUT2D eigenvalue weighted by Crippen LogP contribution is 2.33. The van der Waals surface area contributed by atoms with Gasteiger partial charge in [-0.25, -0.2) is 0 Å². The summed E-state index contributed by atoms with van der Waals surface area (Å²) < 4.78 is 7.32. The van der Waals surface area contributed by atoms with E-state index in [1.807, 2.05) is 31.4 Å². The standard InChI is InChI=1S/C13H15N3O2/c1-16-7-10(14-15-16)8-18-11-3-4-12-9(6-11)2-5-13(12)17/h3-4,6-7,13,17H,2,5,8H2,1H3/t13-/m0/s1. The number of benzene rings is 1. The summed E-state index contributed by atoms with van der Waals surface area (Å²) in [6.45, 7) is 0.412. The summed E-state index contributed by atoms with van der Waals surface area (Å²) in [4.78, 5) is 0. The van der Waals surface area contributed by atoms with E-state index < -0.39 is 0 Å². The molecule has 0 amide bonds. The topological polar surface area (TPSA) is 60.2 Å². The zero-order chi connectivity index (χ0) is 12.5. The maximum Gasteiger partial charge on any atom is 0.134 e. The molecule has 0 aliphatic heterocycles. The molecule has 1 atom stereocenters. The van der Waals surface area contributed by atoms with E-state index in [0.29, 0.717) is 6.61 Å². The second-order valence-corrected chi connectivity index (χ2v) is 4.59. The summed E-state index contributed by atoms with van der Waals surface area (Å²) in [5.74, 6) is 0.813. The molecule has 1 aromatic carbocycles. The summed E-state index contributed by atoms with van der Waals surface area (Å²) in [5, 5.41) is 17.5. The Bertz CT molecular complexity index is 565. The molecule has 1 aliphatic carbocycles. The van der Waals surface area contributed by atoms with Crippen molar-refractivity contribution in [1.82, 2.24) is 15.0 Å². The van der Waals surface area contributed by atoms with Gasteiger partial charge in [0.05, 0.1) is 12.3 Å². The Balaban J connectivity index is 1.70. The molecule has 1 aliphatic rings. The first-order valence-corrected chi connectivity index (χ1v) is 6.01. The average Bonchev–Trinajstić information content (AvgIpc) is 2.94. The number of ether oxygens (including phenoxy) is 1. The molecule has 0 bridgehead atoms. The molecule has 0 fully saturated rings. The van der Waals surface area contributed by atoms with Crippen LogP contribution in [0.15, 0.2) is 24.4 Å². The first kappa shape index (κ1) is 11.2. The van der Waals surface area contributed by atoms with Crippen molar-refractivity contribution in [1.29, 1.82) is 0 Å². The smallest absolute Gasteiger partial charge is 0.134 e. The number of hydrogen-bond acceptors (Lipinski definition) is 4. The lowest BCUT2D eigenvalue weighted by Gasteiger charge is -2.07. The van der Waals surface area contributed by atoms with Crippen LogP contribution in [0.2, 0.25) is 0 Å². The van der Waals surface area contributed by atoms with E-state index in [0.717, 1.165) is 29.8 Å². The summed E-state index contributed by atoms with van der Waals surface area (Å²) in [7, 11) is 1.83. The number of nitrogens with zero attached hydrogens (tertiary/aromatic N) is 3. The molecular formula is C13H15N3O2. The van der Waals surface area contributed by atoms with Gasteiger partial charge in [-0.1, -0.05) is 11.3 Å². The molecule has 1 N–H and O–H groups in total. The molecule has 3 rings (SSSR count). The van der Waals surface area contributed by atoms with Gasteiger partial charge in [-0.15, -0.1) is 5.10 Å². The lowest BCUT2D eigenvalue weighted by Crippen LogP contribution is -1.97. The number of aliphatic hydroxyl groups excluding tert-OH is 1. The zero-order valence-electron chi connectivity index (χ0n) is 10.2. The van der Waals surface area contributed by atoms with Gasteiger partial charge in [0, 0.05) is 7.05 Å². The van der Waals surface area contributed by atoms with Crippen LogP contribution in [0, 0.1) is 0 Å². The number of hydrogen-bond donors (Lipinski definition) is 1. The van der Waals surface area contributed by atoms with Gasteiger partial charge in [0.15, 0.2) is 0 Å². The highest BCUT2D eigenvalue weighted by atomic mass is 16.5. The normalized spacial score (nSPS) is 17.8. The maximum absolute atomic E-state index is 9.72. The van der Waals surface area contributed by atoms with E-state index in [4.69, 9.17) is 4.74 Å². The summed E-state index contributed by atoms with van der Waals surface area (Å²) in [6.07, 6.45) is 3.24. The van der Waals surface area contributed by atoms with E-state index in [1.165, 1.54) is 5.56 Å². The van der Waals surface area contributed by atoms with Gasteiger partial charge >= 0.3 is 0 Å². The van der Waals surface area contributed by atoms with Crippen LogP contribution >= 0.6 is 0 Å². The van der Waals surface area contributed by atoms with Crippen LogP contribution < -0.4 is 4.74 Å². The summed E-state index contributed by atoms with van der Waals surface area (Å²) in [5.41, 5.74) is 3.01. The molecule has 2 aromatic rings. The van der Waals surface area contributed by atoms with Crippen LogP contribution in [0.1, 0.15) is 29.3 Å². The Kier molecular flexibility index (Phi) is 2.76. The van der Waals surface area contributed by atoms with Crippen LogP contribution in [-0.4, -0.2) is 20.1 Å². The lowest BCUT2D eigenvalue weighted by molar-refractivity contribution is 0.180. The minimum absolute atomic E-state index is 0.311. The predicted octanol–water partition coefficient (Wildman–Crippen LogP) is 1.37. The maximum atomic E-state index is 9.72. The van der Waals surface area contributed by atoms with Gasteiger partial charge in [-0.05, 0) is 36.1 Å². The molecule has 18 heavy (non-hydrogen) atoms. The van der Waals surface area contributed by atoms with Crippen molar-refractivity contribution in [3.05, 3.63) is 41.2 Å². The summed E-state index contributed by atoms with van der Waals surface area (Å²) >= 11 is 0. The number of aliphatic hydroxyl groups is 1. The Morgan fingerprint density at radius 3 is 3.17 bits per heavy atom.